The van der Waals surface area contributed by atoms with Gasteiger partial charge < -0.3 is 5.32 Å². The zero-order valence-electron chi connectivity index (χ0n) is 12.4. The third-order valence-corrected chi connectivity index (χ3v) is 3.27. The highest BCUT2D eigenvalue weighted by atomic mass is 19.4. The quantitative estimate of drug-likeness (QED) is 0.644. The van der Waals surface area contributed by atoms with Crippen molar-refractivity contribution in [3.8, 4) is 0 Å². The third kappa shape index (κ3) is 3.89. The maximum atomic E-state index is 13.0. The smallest absolute Gasteiger partial charge is 0.348 e. The van der Waals surface area contributed by atoms with Crippen molar-refractivity contribution in [3.63, 3.8) is 0 Å². The molecule has 1 aromatic carbocycles. The molecule has 0 radical (unpaired) electrons. The number of alkyl halides is 3. The Bertz CT molecular complexity index is 758. The normalized spacial score (nSPS) is 12.7. The van der Waals surface area contributed by atoms with Crippen molar-refractivity contribution in [2.24, 2.45) is 0 Å². The fourth-order valence-electron chi connectivity index (χ4n) is 2.24. The SMILES string of the molecule is C[C@@H](Cc1ccccc1C(F)(F)F)NC(=O)c1[nH]ncc1[N+](=O)[O-]. The molecule has 0 saturated carbocycles. The number of amides is 1. The summed E-state index contributed by atoms with van der Waals surface area (Å²) in [6.07, 6.45) is -3.69. The van der Waals surface area contributed by atoms with E-state index in [1.165, 1.54) is 25.1 Å². The molecule has 0 spiro atoms. The molecule has 1 atom stereocenters. The highest BCUT2D eigenvalue weighted by molar-refractivity contribution is 5.96. The summed E-state index contributed by atoms with van der Waals surface area (Å²) in [5.41, 5.74) is -1.61. The van der Waals surface area contributed by atoms with Gasteiger partial charge in [-0.05, 0) is 25.0 Å². The van der Waals surface area contributed by atoms with E-state index in [4.69, 9.17) is 0 Å². The molecule has 7 nitrogen and oxygen atoms in total. The maximum absolute atomic E-state index is 13.0. The minimum atomic E-state index is -4.50. The van der Waals surface area contributed by atoms with E-state index in [2.05, 4.69) is 15.5 Å². The average molecular weight is 342 g/mol. The van der Waals surface area contributed by atoms with Crippen LogP contribution in [0.15, 0.2) is 30.5 Å². The van der Waals surface area contributed by atoms with Crippen LogP contribution < -0.4 is 5.32 Å². The molecule has 2 N–H and O–H groups in total. The minimum absolute atomic E-state index is 0.0249. The Hall–Kier alpha value is -2.91. The predicted molar refractivity (Wildman–Crippen MR) is 77.3 cm³/mol. The van der Waals surface area contributed by atoms with Crippen LogP contribution in [0, 0.1) is 10.1 Å². The number of halogens is 3. The number of H-pyrrole nitrogens is 1. The summed E-state index contributed by atoms with van der Waals surface area (Å²) in [7, 11) is 0. The van der Waals surface area contributed by atoms with E-state index in [9.17, 15) is 28.1 Å². The van der Waals surface area contributed by atoms with Crippen molar-refractivity contribution < 1.29 is 22.9 Å². The van der Waals surface area contributed by atoms with Crippen molar-refractivity contribution in [3.05, 3.63) is 57.4 Å². The molecular weight excluding hydrogens is 329 g/mol. The van der Waals surface area contributed by atoms with Crippen LogP contribution in [0.4, 0.5) is 18.9 Å². The molecule has 0 aliphatic rings. The summed E-state index contributed by atoms with van der Waals surface area (Å²) >= 11 is 0. The van der Waals surface area contributed by atoms with Gasteiger partial charge in [-0.25, -0.2) is 0 Å². The number of nitrogens with zero attached hydrogens (tertiary/aromatic N) is 2. The summed E-state index contributed by atoms with van der Waals surface area (Å²) < 4.78 is 38.9. The molecule has 0 aliphatic carbocycles. The molecule has 128 valence electrons. The summed E-state index contributed by atoms with van der Waals surface area (Å²) in [5.74, 6) is -0.809. The summed E-state index contributed by atoms with van der Waals surface area (Å²) in [6, 6.07) is 4.36. The van der Waals surface area contributed by atoms with Crippen LogP contribution in [0.25, 0.3) is 0 Å². The summed E-state index contributed by atoms with van der Waals surface area (Å²) in [4.78, 5) is 22.0. The Morgan fingerprint density at radius 1 is 1.42 bits per heavy atom. The van der Waals surface area contributed by atoms with Crippen molar-refractivity contribution in [1.29, 1.82) is 0 Å². The van der Waals surface area contributed by atoms with E-state index >= 15 is 0 Å². The number of nitrogens with one attached hydrogen (secondary N) is 2. The van der Waals surface area contributed by atoms with E-state index in [1.54, 1.807) is 0 Å². The third-order valence-electron chi connectivity index (χ3n) is 3.27. The van der Waals surface area contributed by atoms with Gasteiger partial charge in [-0.1, -0.05) is 18.2 Å². The summed E-state index contributed by atoms with van der Waals surface area (Å²) in [6.45, 7) is 1.51. The molecule has 24 heavy (non-hydrogen) atoms. The van der Waals surface area contributed by atoms with Crippen molar-refractivity contribution >= 4 is 11.6 Å². The topological polar surface area (TPSA) is 101 Å². The van der Waals surface area contributed by atoms with Crippen LogP contribution in [0.5, 0.6) is 0 Å². The lowest BCUT2D eigenvalue weighted by atomic mass is 10.0. The van der Waals surface area contributed by atoms with E-state index < -0.39 is 34.3 Å². The lowest BCUT2D eigenvalue weighted by Gasteiger charge is -2.17. The van der Waals surface area contributed by atoms with Gasteiger partial charge in [0.25, 0.3) is 5.91 Å². The van der Waals surface area contributed by atoms with Crippen molar-refractivity contribution in [2.75, 3.05) is 0 Å². The van der Waals surface area contributed by atoms with E-state index in [1.807, 2.05) is 0 Å². The summed E-state index contributed by atoms with van der Waals surface area (Å²) in [5, 5.41) is 18.8. The second kappa shape index (κ2) is 6.69. The predicted octanol–water partition coefficient (Wildman–Crippen LogP) is 2.70. The standard InChI is InChI=1S/C14H13F3N4O3/c1-8(6-9-4-2-3-5-10(9)14(15,16)17)19-13(22)12-11(21(23)24)7-18-20-12/h2-5,7-8H,6H2,1H3,(H,18,20)(H,19,22)/t8-/m0/s1. The zero-order chi connectivity index (χ0) is 17.9. The first-order valence-corrected chi connectivity index (χ1v) is 6.84. The monoisotopic (exact) mass is 342 g/mol. The van der Waals surface area contributed by atoms with Gasteiger partial charge in [-0.15, -0.1) is 0 Å². The maximum Gasteiger partial charge on any atom is 0.416 e. The van der Waals surface area contributed by atoms with Gasteiger partial charge in [0.2, 0.25) is 5.69 Å². The van der Waals surface area contributed by atoms with Crippen LogP contribution in [0.3, 0.4) is 0 Å². The first-order valence-electron chi connectivity index (χ1n) is 6.84. The molecule has 1 amide bonds. The Morgan fingerprint density at radius 2 is 2.08 bits per heavy atom. The molecule has 2 aromatic rings. The van der Waals surface area contributed by atoms with Crippen molar-refractivity contribution in [1.82, 2.24) is 15.5 Å². The fourth-order valence-corrected chi connectivity index (χ4v) is 2.24. The Labute approximate surface area is 134 Å². The van der Waals surface area contributed by atoms with Gasteiger partial charge in [0.1, 0.15) is 6.20 Å². The Morgan fingerprint density at radius 3 is 2.71 bits per heavy atom. The van der Waals surface area contributed by atoms with Gasteiger partial charge in [-0.2, -0.15) is 18.3 Å². The van der Waals surface area contributed by atoms with Crippen LogP contribution in [0.2, 0.25) is 0 Å². The zero-order valence-corrected chi connectivity index (χ0v) is 12.4. The van der Waals surface area contributed by atoms with Crippen LogP contribution >= 0.6 is 0 Å². The molecule has 0 aliphatic heterocycles. The van der Waals surface area contributed by atoms with E-state index in [0.717, 1.165) is 12.3 Å². The Balaban J connectivity index is 2.12. The van der Waals surface area contributed by atoms with Gasteiger partial charge in [0.15, 0.2) is 0 Å². The van der Waals surface area contributed by atoms with E-state index in [0.29, 0.717) is 0 Å². The molecule has 0 bridgehead atoms. The number of hydrogen-bond acceptors (Lipinski definition) is 4. The average Bonchev–Trinajstić information content (AvgIpc) is 2.96. The Kier molecular flexibility index (Phi) is 4.86. The van der Waals surface area contributed by atoms with Gasteiger partial charge in [0.05, 0.1) is 10.5 Å². The molecule has 10 heteroatoms. The van der Waals surface area contributed by atoms with E-state index in [-0.39, 0.29) is 17.7 Å². The number of carbonyl (C=O) groups is 1. The van der Waals surface area contributed by atoms with Gasteiger partial charge >= 0.3 is 11.9 Å². The first kappa shape index (κ1) is 17.4. The minimum Gasteiger partial charge on any atom is -0.348 e. The van der Waals surface area contributed by atoms with Crippen LogP contribution in [0.1, 0.15) is 28.5 Å². The van der Waals surface area contributed by atoms with Crippen LogP contribution in [-0.2, 0) is 12.6 Å². The number of aromatic amines is 1. The number of rotatable bonds is 5. The van der Waals surface area contributed by atoms with Crippen LogP contribution in [-0.4, -0.2) is 27.1 Å². The first-order chi connectivity index (χ1) is 11.2. The molecule has 0 fully saturated rings. The number of nitro groups is 1. The number of aromatic nitrogens is 2. The molecule has 0 saturated heterocycles. The highest BCUT2D eigenvalue weighted by Gasteiger charge is 2.33. The number of benzene rings is 1. The molecular formula is C14H13F3N4O3. The second-order valence-electron chi connectivity index (χ2n) is 5.12. The van der Waals surface area contributed by atoms with Gasteiger partial charge in [0, 0.05) is 6.04 Å². The van der Waals surface area contributed by atoms with Crippen molar-refractivity contribution in [2.45, 2.75) is 25.6 Å². The second-order valence-corrected chi connectivity index (χ2v) is 5.12. The number of hydrogen-bond donors (Lipinski definition) is 2. The molecule has 1 heterocycles. The molecule has 2 rings (SSSR count). The highest BCUT2D eigenvalue weighted by Crippen LogP contribution is 2.32. The van der Waals surface area contributed by atoms with Gasteiger partial charge in [-0.3, -0.25) is 20.0 Å². The lowest BCUT2D eigenvalue weighted by Crippen LogP contribution is -2.35. The molecule has 1 aromatic heterocycles. The largest absolute Gasteiger partial charge is 0.416 e. The molecule has 0 unspecified atom stereocenters. The lowest BCUT2D eigenvalue weighted by molar-refractivity contribution is -0.385. The fraction of sp³-hybridized carbons (Fsp3) is 0.286. The number of carbonyl (C=O) groups excluding carboxylic acids is 1.